The fourth-order valence-electron chi connectivity index (χ4n) is 1.33. The van der Waals surface area contributed by atoms with E-state index in [1.165, 1.54) is 6.07 Å². The minimum absolute atomic E-state index is 0.127. The number of hydrogen-bond acceptors (Lipinski definition) is 4. The summed E-state index contributed by atoms with van der Waals surface area (Å²) in [6, 6.07) is 1.34. The predicted octanol–water partition coefficient (Wildman–Crippen LogP) is 2.36. The molecule has 1 unspecified atom stereocenters. The van der Waals surface area contributed by atoms with Crippen LogP contribution >= 0.6 is 11.6 Å². The molecule has 0 radical (unpaired) electrons. The van der Waals surface area contributed by atoms with Crippen molar-refractivity contribution in [1.29, 1.82) is 0 Å². The summed E-state index contributed by atoms with van der Waals surface area (Å²) in [6.45, 7) is 0.848. The maximum atomic E-state index is 12.1. The normalized spacial score (nSPS) is 13.1. The summed E-state index contributed by atoms with van der Waals surface area (Å²) in [5.74, 6) is -0.775. The maximum Gasteiger partial charge on any atom is 0.422 e. The fourth-order valence-corrected chi connectivity index (χ4v) is 1.55. The lowest BCUT2D eigenvalue weighted by molar-refractivity contribution is -0.154. The van der Waals surface area contributed by atoms with Crippen molar-refractivity contribution in [2.24, 2.45) is 0 Å². The van der Waals surface area contributed by atoms with Crippen LogP contribution in [0.25, 0.3) is 0 Å². The maximum absolute atomic E-state index is 12.1. The number of amides is 1. The van der Waals surface area contributed by atoms with Crippen LogP contribution in [-0.4, -0.2) is 55.3 Å². The van der Waals surface area contributed by atoms with E-state index in [-0.39, 0.29) is 22.5 Å². The van der Waals surface area contributed by atoms with Crippen LogP contribution in [0.5, 0.6) is 5.88 Å². The summed E-state index contributed by atoms with van der Waals surface area (Å²) >= 11 is 5.77. The van der Waals surface area contributed by atoms with Gasteiger partial charge in [0.15, 0.2) is 6.61 Å². The van der Waals surface area contributed by atoms with Crippen LogP contribution in [0.3, 0.4) is 0 Å². The van der Waals surface area contributed by atoms with E-state index in [2.05, 4.69) is 15.0 Å². The average Bonchev–Trinajstić information content (AvgIpc) is 2.41. The number of likely N-dealkylation sites (N-methyl/N-ethyl adjacent to an activating group) is 1. The standard InChI is InChI=1S/C13H17ClF3N3O2/c1-8(20(2)3)5-18-11(21)9-4-10(14)12(19-6-9)22-7-13(15,16)17/h4,6,8H,5,7H2,1-3H3,(H,18,21). The Morgan fingerprint density at radius 3 is 2.64 bits per heavy atom. The number of aromatic nitrogens is 1. The molecule has 0 aliphatic rings. The number of carbonyl (C=O) groups excluding carboxylic acids is 1. The minimum atomic E-state index is -4.48. The monoisotopic (exact) mass is 339 g/mol. The number of rotatable bonds is 6. The first-order chi connectivity index (χ1) is 10.1. The van der Waals surface area contributed by atoms with Gasteiger partial charge in [-0.15, -0.1) is 0 Å². The Hall–Kier alpha value is -1.54. The third-order valence-electron chi connectivity index (χ3n) is 2.88. The molecule has 1 aromatic rings. The zero-order valence-electron chi connectivity index (χ0n) is 12.4. The van der Waals surface area contributed by atoms with Gasteiger partial charge in [-0.3, -0.25) is 4.79 Å². The first kappa shape index (κ1) is 18.5. The average molecular weight is 340 g/mol. The van der Waals surface area contributed by atoms with Crippen LogP contribution in [0.4, 0.5) is 13.2 Å². The lowest BCUT2D eigenvalue weighted by Gasteiger charge is -2.20. The first-order valence-corrected chi connectivity index (χ1v) is 6.77. The Labute approximate surface area is 131 Å². The lowest BCUT2D eigenvalue weighted by Crippen LogP contribution is -2.38. The summed E-state index contributed by atoms with van der Waals surface area (Å²) in [7, 11) is 3.75. The number of pyridine rings is 1. The smallest absolute Gasteiger partial charge is 0.422 e. The number of nitrogens with one attached hydrogen (secondary N) is 1. The van der Waals surface area contributed by atoms with Gasteiger partial charge in [0, 0.05) is 18.8 Å². The van der Waals surface area contributed by atoms with Crippen molar-refractivity contribution in [1.82, 2.24) is 15.2 Å². The fraction of sp³-hybridized carbons (Fsp3) is 0.538. The van der Waals surface area contributed by atoms with Crippen molar-refractivity contribution in [3.05, 3.63) is 22.8 Å². The van der Waals surface area contributed by atoms with Gasteiger partial charge in [0.05, 0.1) is 5.56 Å². The largest absolute Gasteiger partial charge is 0.467 e. The van der Waals surface area contributed by atoms with E-state index in [0.717, 1.165) is 6.20 Å². The van der Waals surface area contributed by atoms with E-state index in [1.54, 1.807) is 0 Å². The Morgan fingerprint density at radius 1 is 1.50 bits per heavy atom. The van der Waals surface area contributed by atoms with E-state index in [9.17, 15) is 18.0 Å². The van der Waals surface area contributed by atoms with Gasteiger partial charge in [-0.1, -0.05) is 11.6 Å². The van der Waals surface area contributed by atoms with Gasteiger partial charge in [-0.05, 0) is 27.1 Å². The molecule has 0 saturated carbocycles. The highest BCUT2D eigenvalue weighted by Crippen LogP contribution is 2.24. The van der Waals surface area contributed by atoms with Crippen molar-refractivity contribution in [2.45, 2.75) is 19.1 Å². The minimum Gasteiger partial charge on any atom is -0.467 e. The molecule has 1 amide bonds. The number of hydrogen-bond donors (Lipinski definition) is 1. The molecule has 0 fully saturated rings. The molecule has 1 aromatic heterocycles. The van der Waals surface area contributed by atoms with Gasteiger partial charge in [-0.25, -0.2) is 4.98 Å². The Kier molecular flexibility index (Phi) is 6.43. The molecule has 5 nitrogen and oxygen atoms in total. The molecule has 1 N–H and O–H groups in total. The quantitative estimate of drug-likeness (QED) is 0.864. The molecule has 1 rings (SSSR count). The summed E-state index contributed by atoms with van der Waals surface area (Å²) in [5.41, 5.74) is 0.148. The van der Waals surface area contributed by atoms with Crippen LogP contribution in [0.2, 0.25) is 5.02 Å². The number of alkyl halides is 3. The van der Waals surface area contributed by atoms with Crippen molar-refractivity contribution in [2.75, 3.05) is 27.2 Å². The second-order valence-electron chi connectivity index (χ2n) is 4.94. The molecule has 22 heavy (non-hydrogen) atoms. The predicted molar refractivity (Wildman–Crippen MR) is 76.3 cm³/mol. The second-order valence-corrected chi connectivity index (χ2v) is 5.34. The van der Waals surface area contributed by atoms with E-state index < -0.39 is 18.7 Å². The highest BCUT2D eigenvalue weighted by atomic mass is 35.5. The van der Waals surface area contributed by atoms with Crippen molar-refractivity contribution in [3.63, 3.8) is 0 Å². The third kappa shape index (κ3) is 6.07. The van der Waals surface area contributed by atoms with Gasteiger partial charge < -0.3 is 15.0 Å². The van der Waals surface area contributed by atoms with Crippen LogP contribution in [0.15, 0.2) is 12.3 Å². The highest BCUT2D eigenvalue weighted by Gasteiger charge is 2.29. The van der Waals surface area contributed by atoms with E-state index in [0.29, 0.717) is 6.54 Å². The zero-order chi connectivity index (χ0) is 16.9. The molecule has 0 aliphatic heterocycles. The van der Waals surface area contributed by atoms with Gasteiger partial charge in [0.25, 0.3) is 5.91 Å². The lowest BCUT2D eigenvalue weighted by atomic mass is 10.2. The molecular formula is C13H17ClF3N3O2. The first-order valence-electron chi connectivity index (χ1n) is 6.40. The number of nitrogens with zero attached hydrogens (tertiary/aromatic N) is 2. The van der Waals surface area contributed by atoms with E-state index in [1.807, 2.05) is 25.9 Å². The SMILES string of the molecule is CC(CNC(=O)c1cnc(OCC(F)(F)F)c(Cl)c1)N(C)C. The van der Waals surface area contributed by atoms with Gasteiger partial charge in [0.1, 0.15) is 5.02 Å². The number of ether oxygens (including phenoxy) is 1. The molecule has 0 bridgehead atoms. The molecule has 1 heterocycles. The summed E-state index contributed by atoms with van der Waals surface area (Å²) in [4.78, 5) is 17.5. The van der Waals surface area contributed by atoms with Gasteiger partial charge >= 0.3 is 6.18 Å². The molecule has 0 saturated heterocycles. The molecule has 0 aromatic carbocycles. The van der Waals surface area contributed by atoms with Gasteiger partial charge in [-0.2, -0.15) is 13.2 Å². The zero-order valence-corrected chi connectivity index (χ0v) is 13.1. The second kappa shape index (κ2) is 7.64. The molecular weight excluding hydrogens is 323 g/mol. The summed E-state index contributed by atoms with van der Waals surface area (Å²) in [5, 5.41) is 2.53. The third-order valence-corrected chi connectivity index (χ3v) is 3.15. The molecule has 9 heteroatoms. The summed E-state index contributed by atoms with van der Waals surface area (Å²) in [6.07, 6.45) is -3.36. The van der Waals surface area contributed by atoms with E-state index in [4.69, 9.17) is 11.6 Å². The molecule has 124 valence electrons. The van der Waals surface area contributed by atoms with Crippen LogP contribution in [0.1, 0.15) is 17.3 Å². The number of carbonyl (C=O) groups is 1. The van der Waals surface area contributed by atoms with Crippen LogP contribution < -0.4 is 10.1 Å². The highest BCUT2D eigenvalue weighted by molar-refractivity contribution is 6.32. The molecule has 0 aliphatic carbocycles. The number of halogens is 4. The van der Waals surface area contributed by atoms with E-state index >= 15 is 0 Å². The Bertz CT molecular complexity index is 524. The van der Waals surface area contributed by atoms with Crippen molar-refractivity contribution in [3.8, 4) is 5.88 Å². The summed E-state index contributed by atoms with van der Waals surface area (Å²) < 4.78 is 40.6. The molecule has 0 spiro atoms. The molecule has 1 atom stereocenters. The van der Waals surface area contributed by atoms with Crippen LogP contribution in [-0.2, 0) is 0 Å². The Morgan fingerprint density at radius 2 is 2.14 bits per heavy atom. The van der Waals surface area contributed by atoms with Gasteiger partial charge in [0.2, 0.25) is 5.88 Å². The van der Waals surface area contributed by atoms with Crippen molar-refractivity contribution < 1.29 is 22.7 Å². The topological polar surface area (TPSA) is 54.5 Å². The van der Waals surface area contributed by atoms with Crippen LogP contribution in [0, 0.1) is 0 Å². The van der Waals surface area contributed by atoms with Crippen molar-refractivity contribution >= 4 is 17.5 Å². The Balaban J connectivity index is 2.66.